The van der Waals surface area contributed by atoms with Crippen molar-refractivity contribution in [3.05, 3.63) is 70.2 Å². The Kier molecular flexibility index (Phi) is 4.69. The number of carbonyl (C=O) groups excluding carboxylic acids is 1. The maximum Gasteiger partial charge on any atom is 0.340 e. The molecule has 2 aromatic rings. The summed E-state index contributed by atoms with van der Waals surface area (Å²) in [5, 5.41) is 3.79. The number of rotatable bonds is 3. The Morgan fingerprint density at radius 3 is 2.48 bits per heavy atom. The van der Waals surface area contributed by atoms with Crippen molar-refractivity contribution < 1.29 is 9.53 Å². The van der Waals surface area contributed by atoms with Crippen LogP contribution in [0.5, 0.6) is 0 Å². The molecule has 0 aromatic heterocycles. The fourth-order valence-electron chi connectivity index (χ4n) is 3.06. The third kappa shape index (κ3) is 3.26. The van der Waals surface area contributed by atoms with Crippen LogP contribution in [0.25, 0.3) is 0 Å². The molecule has 1 saturated heterocycles. The van der Waals surface area contributed by atoms with Gasteiger partial charge < -0.3 is 10.1 Å². The van der Waals surface area contributed by atoms with Gasteiger partial charge in [-0.05, 0) is 37.2 Å². The number of ether oxygens (including phenoxy) is 1. The zero-order valence-electron chi connectivity index (χ0n) is 13.1. The Morgan fingerprint density at radius 2 is 1.78 bits per heavy atom. The fourth-order valence-corrected chi connectivity index (χ4v) is 3.26. The van der Waals surface area contributed by atoms with Gasteiger partial charge in [0, 0.05) is 12.8 Å². The number of carbonyl (C=O) groups is 1. The average molecular weight is 330 g/mol. The van der Waals surface area contributed by atoms with Crippen LogP contribution in [0.1, 0.15) is 34.3 Å². The molecule has 0 aliphatic carbocycles. The third-order valence-electron chi connectivity index (χ3n) is 4.41. The van der Waals surface area contributed by atoms with Crippen molar-refractivity contribution in [1.29, 1.82) is 0 Å². The van der Waals surface area contributed by atoms with Crippen LogP contribution in [-0.2, 0) is 10.3 Å². The summed E-state index contributed by atoms with van der Waals surface area (Å²) in [5.74, 6) is -0.357. The summed E-state index contributed by atoms with van der Waals surface area (Å²) in [5.41, 5.74) is 1.76. The van der Waals surface area contributed by atoms with E-state index in [4.69, 9.17) is 16.3 Å². The molecule has 0 saturated carbocycles. The SMILES string of the molecule is Cc1cccc(C(=O)OC2(c3ccccc3)CCNCC2)c1Cl. The number of hydrogen-bond acceptors (Lipinski definition) is 3. The molecule has 1 aliphatic heterocycles. The standard InChI is InChI=1S/C19H20ClNO2/c1-14-6-5-9-16(17(14)20)18(22)23-19(10-12-21-13-11-19)15-7-3-2-4-8-15/h2-9,21H,10-13H2,1H3. The van der Waals surface area contributed by atoms with E-state index >= 15 is 0 Å². The van der Waals surface area contributed by atoms with E-state index in [1.807, 2.05) is 49.4 Å². The maximum atomic E-state index is 12.7. The van der Waals surface area contributed by atoms with E-state index in [9.17, 15) is 4.79 Å². The first-order chi connectivity index (χ1) is 11.1. The molecule has 2 aromatic carbocycles. The molecule has 120 valence electrons. The minimum atomic E-state index is -0.587. The molecule has 1 N–H and O–H groups in total. The summed E-state index contributed by atoms with van der Waals surface area (Å²) >= 11 is 6.28. The number of esters is 1. The van der Waals surface area contributed by atoms with E-state index in [2.05, 4.69) is 5.32 Å². The first-order valence-corrected chi connectivity index (χ1v) is 8.25. The Morgan fingerprint density at radius 1 is 1.09 bits per heavy atom. The number of halogens is 1. The lowest BCUT2D eigenvalue weighted by Gasteiger charge is -2.37. The van der Waals surface area contributed by atoms with Crippen molar-refractivity contribution in [3.8, 4) is 0 Å². The second-order valence-electron chi connectivity index (χ2n) is 5.94. The zero-order valence-corrected chi connectivity index (χ0v) is 13.9. The average Bonchev–Trinajstić information content (AvgIpc) is 2.59. The minimum Gasteiger partial charge on any atom is -0.450 e. The van der Waals surface area contributed by atoms with E-state index < -0.39 is 5.60 Å². The molecule has 23 heavy (non-hydrogen) atoms. The van der Waals surface area contributed by atoms with E-state index in [0.717, 1.165) is 37.1 Å². The molecule has 0 amide bonds. The van der Waals surface area contributed by atoms with Crippen molar-refractivity contribution in [2.24, 2.45) is 0 Å². The second kappa shape index (κ2) is 6.73. The third-order valence-corrected chi connectivity index (χ3v) is 4.91. The highest BCUT2D eigenvalue weighted by atomic mass is 35.5. The molecule has 1 fully saturated rings. The number of hydrogen-bond donors (Lipinski definition) is 1. The molecule has 0 radical (unpaired) electrons. The quantitative estimate of drug-likeness (QED) is 0.862. The number of piperidine rings is 1. The van der Waals surface area contributed by atoms with Gasteiger partial charge in [-0.2, -0.15) is 0 Å². The molecule has 3 nitrogen and oxygen atoms in total. The lowest BCUT2D eigenvalue weighted by Crippen LogP contribution is -2.43. The van der Waals surface area contributed by atoms with Gasteiger partial charge in [0.1, 0.15) is 5.60 Å². The number of aryl methyl sites for hydroxylation is 1. The molecular formula is C19H20ClNO2. The summed E-state index contributed by atoms with van der Waals surface area (Å²) in [6.07, 6.45) is 1.51. The van der Waals surface area contributed by atoms with Crippen LogP contribution >= 0.6 is 11.6 Å². The first kappa shape index (κ1) is 16.0. The van der Waals surface area contributed by atoms with Crippen molar-refractivity contribution >= 4 is 17.6 Å². The summed E-state index contributed by atoms with van der Waals surface area (Å²) < 4.78 is 6.02. The van der Waals surface area contributed by atoms with Gasteiger partial charge in [0.2, 0.25) is 0 Å². The summed E-state index contributed by atoms with van der Waals surface area (Å²) in [6, 6.07) is 15.4. The smallest absolute Gasteiger partial charge is 0.340 e. The molecule has 1 aliphatic rings. The summed E-state index contributed by atoms with van der Waals surface area (Å²) in [7, 11) is 0. The van der Waals surface area contributed by atoms with Crippen molar-refractivity contribution in [2.75, 3.05) is 13.1 Å². The monoisotopic (exact) mass is 329 g/mol. The number of benzene rings is 2. The maximum absolute atomic E-state index is 12.7. The van der Waals surface area contributed by atoms with Crippen LogP contribution in [0, 0.1) is 6.92 Å². The Labute approximate surface area is 141 Å². The van der Waals surface area contributed by atoms with E-state index in [-0.39, 0.29) is 5.97 Å². The van der Waals surface area contributed by atoms with E-state index in [1.165, 1.54) is 0 Å². The lowest BCUT2D eigenvalue weighted by atomic mass is 9.84. The summed E-state index contributed by atoms with van der Waals surface area (Å²) in [6.45, 7) is 3.53. The van der Waals surface area contributed by atoms with Crippen LogP contribution in [0.15, 0.2) is 48.5 Å². The van der Waals surface area contributed by atoms with Crippen LogP contribution < -0.4 is 5.32 Å². The zero-order chi connectivity index (χ0) is 16.3. The van der Waals surface area contributed by atoms with Gasteiger partial charge >= 0.3 is 5.97 Å². The molecule has 0 spiro atoms. The normalized spacial score (nSPS) is 16.8. The molecule has 4 heteroatoms. The number of nitrogens with one attached hydrogen (secondary N) is 1. The fraction of sp³-hybridized carbons (Fsp3) is 0.316. The van der Waals surface area contributed by atoms with Gasteiger partial charge in [0.15, 0.2) is 0 Å². The van der Waals surface area contributed by atoms with Gasteiger partial charge in [-0.25, -0.2) is 4.79 Å². The van der Waals surface area contributed by atoms with Gasteiger partial charge in [-0.3, -0.25) is 0 Å². The summed E-state index contributed by atoms with van der Waals surface area (Å²) in [4.78, 5) is 12.7. The van der Waals surface area contributed by atoms with Gasteiger partial charge in [0.25, 0.3) is 0 Å². The van der Waals surface area contributed by atoms with Crippen LogP contribution in [0.2, 0.25) is 5.02 Å². The van der Waals surface area contributed by atoms with Crippen molar-refractivity contribution in [3.63, 3.8) is 0 Å². The Balaban J connectivity index is 1.93. The lowest BCUT2D eigenvalue weighted by molar-refractivity contribution is -0.0378. The molecule has 0 unspecified atom stereocenters. The molecule has 0 bridgehead atoms. The van der Waals surface area contributed by atoms with Crippen molar-refractivity contribution in [1.82, 2.24) is 5.32 Å². The Bertz CT molecular complexity index is 694. The predicted octanol–water partition coefficient (Wildman–Crippen LogP) is 4.08. The van der Waals surface area contributed by atoms with Crippen LogP contribution in [-0.4, -0.2) is 19.1 Å². The van der Waals surface area contributed by atoms with Crippen LogP contribution in [0.4, 0.5) is 0 Å². The van der Waals surface area contributed by atoms with E-state index in [1.54, 1.807) is 6.07 Å². The molecule has 1 heterocycles. The molecular weight excluding hydrogens is 310 g/mol. The van der Waals surface area contributed by atoms with Crippen molar-refractivity contribution in [2.45, 2.75) is 25.4 Å². The highest BCUT2D eigenvalue weighted by Gasteiger charge is 2.38. The van der Waals surface area contributed by atoms with Gasteiger partial charge in [-0.1, -0.05) is 54.1 Å². The molecule has 3 rings (SSSR count). The van der Waals surface area contributed by atoms with Crippen LogP contribution in [0.3, 0.4) is 0 Å². The highest BCUT2D eigenvalue weighted by Crippen LogP contribution is 2.36. The van der Waals surface area contributed by atoms with Gasteiger partial charge in [-0.15, -0.1) is 0 Å². The topological polar surface area (TPSA) is 38.3 Å². The predicted molar refractivity (Wildman–Crippen MR) is 91.8 cm³/mol. The van der Waals surface area contributed by atoms with E-state index in [0.29, 0.717) is 10.6 Å². The van der Waals surface area contributed by atoms with Gasteiger partial charge in [0.05, 0.1) is 10.6 Å². The second-order valence-corrected chi connectivity index (χ2v) is 6.31. The first-order valence-electron chi connectivity index (χ1n) is 7.87. The minimum absolute atomic E-state index is 0.357. The largest absolute Gasteiger partial charge is 0.450 e. The Hall–Kier alpha value is -1.84. The highest BCUT2D eigenvalue weighted by molar-refractivity contribution is 6.34. The molecule has 0 atom stereocenters.